The first-order valence-corrected chi connectivity index (χ1v) is 14.9. The Morgan fingerprint density at radius 1 is 1.08 bits per heavy atom. The van der Waals surface area contributed by atoms with Crippen LogP contribution in [0.1, 0.15) is 30.7 Å². The van der Waals surface area contributed by atoms with Crippen molar-refractivity contribution in [2.45, 2.75) is 23.6 Å². The molecule has 37 heavy (non-hydrogen) atoms. The standard InChI is InChI=1S/C9H7ClN2O5S2.C9H5ClN2O4S2/c1-4-6(10)9(17-12-4)11-8(13)7-5(2-3-18-7)19(14,15)16;1-4-6(10)9(16-11-4)12-8(13)7-5(2-3-17-7)18(12,14)15/h2-3H,1H3,(H,11,13)(H,14,15,16);2-3H,1H3. The molecular formula is C18H12Cl2N4O9S4. The van der Waals surface area contributed by atoms with Crippen molar-refractivity contribution >= 4 is 89.6 Å². The Kier molecular flexibility index (Phi) is 7.23. The monoisotopic (exact) mass is 626 g/mol. The lowest BCUT2D eigenvalue weighted by atomic mass is 10.4. The zero-order valence-corrected chi connectivity index (χ0v) is 23.0. The predicted octanol–water partition coefficient (Wildman–Crippen LogP) is 4.24. The van der Waals surface area contributed by atoms with Gasteiger partial charge in [0.1, 0.15) is 41.0 Å². The van der Waals surface area contributed by atoms with Crippen molar-refractivity contribution in [2.75, 3.05) is 9.62 Å². The predicted molar refractivity (Wildman–Crippen MR) is 133 cm³/mol. The molecule has 4 aromatic rings. The van der Waals surface area contributed by atoms with Crippen LogP contribution in [0.2, 0.25) is 10.0 Å². The summed E-state index contributed by atoms with van der Waals surface area (Å²) in [5.41, 5.74) is 0.711. The van der Waals surface area contributed by atoms with Crippen molar-refractivity contribution in [2.24, 2.45) is 0 Å². The Bertz CT molecular complexity index is 1750. The van der Waals surface area contributed by atoms with Gasteiger partial charge in [0.15, 0.2) is 0 Å². The molecule has 1 aliphatic heterocycles. The summed E-state index contributed by atoms with van der Waals surface area (Å²) < 4.78 is 65.6. The topological polar surface area (TPSA) is 190 Å². The molecule has 2 amide bonds. The van der Waals surface area contributed by atoms with E-state index < -0.39 is 36.9 Å². The summed E-state index contributed by atoms with van der Waals surface area (Å²) in [6.07, 6.45) is 0. The first kappa shape index (κ1) is 27.2. The molecule has 0 fully saturated rings. The molecule has 0 saturated carbocycles. The lowest BCUT2D eigenvalue weighted by Gasteiger charge is -2.10. The van der Waals surface area contributed by atoms with Crippen molar-refractivity contribution in [3.8, 4) is 0 Å². The van der Waals surface area contributed by atoms with Gasteiger partial charge in [-0.05, 0) is 36.7 Å². The van der Waals surface area contributed by atoms with E-state index in [1.54, 1.807) is 19.2 Å². The van der Waals surface area contributed by atoms with Gasteiger partial charge in [-0.25, -0.2) is 8.42 Å². The van der Waals surface area contributed by atoms with Crippen LogP contribution in [-0.2, 0) is 20.1 Å². The van der Waals surface area contributed by atoms with Gasteiger partial charge in [0.25, 0.3) is 43.7 Å². The molecule has 0 aliphatic carbocycles. The van der Waals surface area contributed by atoms with Crippen molar-refractivity contribution < 1.29 is 40.0 Å². The Balaban J connectivity index is 0.000000173. The highest BCUT2D eigenvalue weighted by Crippen LogP contribution is 2.41. The Hall–Kier alpha value is -2.80. The molecule has 4 aromatic heterocycles. The number of thiophene rings is 2. The quantitative estimate of drug-likeness (QED) is 0.308. The molecule has 0 unspecified atom stereocenters. The molecule has 0 saturated heterocycles. The maximum absolute atomic E-state index is 12.2. The summed E-state index contributed by atoms with van der Waals surface area (Å²) in [6, 6.07) is 2.51. The minimum Gasteiger partial charge on any atom is -0.336 e. The zero-order chi connectivity index (χ0) is 27.3. The minimum atomic E-state index is -4.46. The SMILES string of the molecule is Cc1noc(N2C(=O)c3sccc3S2(=O)=O)c1Cl.Cc1noc(NC(=O)c2sccc2S(=O)(=O)O)c1Cl. The third-order valence-electron chi connectivity index (χ3n) is 4.62. The highest BCUT2D eigenvalue weighted by atomic mass is 35.5. The minimum absolute atomic E-state index is 0.0158. The molecule has 5 rings (SSSR count). The molecular weight excluding hydrogens is 615 g/mol. The van der Waals surface area contributed by atoms with E-state index in [1.807, 2.05) is 0 Å². The second-order valence-electron chi connectivity index (χ2n) is 7.03. The maximum atomic E-state index is 12.2. The normalized spacial score (nSPS) is 14.3. The first-order chi connectivity index (χ1) is 17.2. The van der Waals surface area contributed by atoms with Gasteiger partial charge < -0.3 is 9.05 Å². The number of sulfonamides is 1. The van der Waals surface area contributed by atoms with Crippen LogP contribution < -0.4 is 9.62 Å². The van der Waals surface area contributed by atoms with Crippen molar-refractivity contribution in [1.29, 1.82) is 0 Å². The smallest absolute Gasteiger partial charge is 0.296 e. The highest BCUT2D eigenvalue weighted by molar-refractivity contribution is 7.94. The van der Waals surface area contributed by atoms with Crippen molar-refractivity contribution in [3.63, 3.8) is 0 Å². The number of aryl methyl sites for hydroxylation is 2. The van der Waals surface area contributed by atoms with Crippen LogP contribution in [0.15, 0.2) is 41.7 Å². The molecule has 19 heteroatoms. The van der Waals surface area contributed by atoms with Crippen LogP contribution in [-0.4, -0.2) is 43.5 Å². The van der Waals surface area contributed by atoms with Gasteiger partial charge in [0, 0.05) is 0 Å². The number of rotatable bonds is 4. The zero-order valence-electron chi connectivity index (χ0n) is 18.3. The number of hydrogen-bond donors (Lipinski definition) is 2. The van der Waals surface area contributed by atoms with Crippen LogP contribution in [0.4, 0.5) is 11.8 Å². The van der Waals surface area contributed by atoms with Crippen LogP contribution in [0.25, 0.3) is 0 Å². The Labute approximate surface area is 226 Å². The van der Waals surface area contributed by atoms with Gasteiger partial charge in [-0.1, -0.05) is 33.5 Å². The summed E-state index contributed by atoms with van der Waals surface area (Å²) in [7, 11) is -8.40. The molecule has 196 valence electrons. The fourth-order valence-electron chi connectivity index (χ4n) is 2.89. The fraction of sp³-hybridized carbons (Fsp3) is 0.111. The molecule has 1 aliphatic rings. The summed E-state index contributed by atoms with van der Waals surface area (Å²) in [5, 5.41) is 12.4. The lowest BCUT2D eigenvalue weighted by Crippen LogP contribution is -2.29. The number of halogens is 2. The number of aromatic nitrogens is 2. The largest absolute Gasteiger partial charge is 0.336 e. The number of amides is 2. The summed E-state index contributed by atoms with van der Waals surface area (Å²) in [5.74, 6) is -1.78. The van der Waals surface area contributed by atoms with E-state index in [1.165, 1.54) is 11.4 Å². The number of nitrogens with zero attached hydrogens (tertiary/aromatic N) is 3. The maximum Gasteiger partial charge on any atom is 0.296 e. The summed E-state index contributed by atoms with van der Waals surface area (Å²) in [6.45, 7) is 3.13. The molecule has 0 bridgehead atoms. The Morgan fingerprint density at radius 2 is 1.70 bits per heavy atom. The van der Waals surface area contributed by atoms with E-state index >= 15 is 0 Å². The molecule has 0 radical (unpaired) electrons. The van der Waals surface area contributed by atoms with E-state index in [-0.39, 0.29) is 36.5 Å². The molecule has 0 aromatic carbocycles. The number of hydrogen-bond acceptors (Lipinski definition) is 12. The number of anilines is 2. The number of nitrogens with one attached hydrogen (secondary N) is 1. The van der Waals surface area contributed by atoms with Gasteiger partial charge in [0.2, 0.25) is 0 Å². The fourth-order valence-corrected chi connectivity index (χ4v) is 7.74. The second kappa shape index (κ2) is 9.82. The molecule has 0 atom stereocenters. The van der Waals surface area contributed by atoms with E-state index in [0.717, 1.165) is 28.7 Å². The number of carbonyl (C=O) groups excluding carboxylic acids is 2. The molecule has 2 N–H and O–H groups in total. The molecule has 5 heterocycles. The van der Waals surface area contributed by atoms with Crippen LogP contribution >= 0.6 is 45.9 Å². The van der Waals surface area contributed by atoms with Crippen LogP contribution in [0.3, 0.4) is 0 Å². The second-order valence-corrected chi connectivity index (χ2v) is 12.8. The number of carbonyl (C=O) groups is 2. The Morgan fingerprint density at radius 3 is 2.24 bits per heavy atom. The van der Waals surface area contributed by atoms with E-state index in [0.29, 0.717) is 15.7 Å². The van der Waals surface area contributed by atoms with Gasteiger partial charge in [-0.2, -0.15) is 12.7 Å². The van der Waals surface area contributed by atoms with Gasteiger partial charge in [-0.15, -0.1) is 22.7 Å². The summed E-state index contributed by atoms with van der Waals surface area (Å²) in [4.78, 5) is 23.4. The number of fused-ring (bicyclic) bond motifs is 1. The molecule has 13 nitrogen and oxygen atoms in total. The van der Waals surface area contributed by atoms with Crippen molar-refractivity contribution in [3.05, 3.63) is 54.1 Å². The average molecular weight is 627 g/mol. The first-order valence-electron chi connectivity index (χ1n) is 9.52. The third-order valence-corrected chi connectivity index (χ3v) is 10.2. The van der Waals surface area contributed by atoms with E-state index in [9.17, 15) is 26.4 Å². The van der Waals surface area contributed by atoms with Crippen LogP contribution in [0, 0.1) is 13.8 Å². The van der Waals surface area contributed by atoms with Gasteiger partial charge in [0.05, 0.1) is 0 Å². The van der Waals surface area contributed by atoms with Crippen molar-refractivity contribution in [1.82, 2.24) is 10.3 Å². The van der Waals surface area contributed by atoms with E-state index in [4.69, 9.17) is 36.8 Å². The molecule has 0 spiro atoms. The third kappa shape index (κ3) is 4.90. The van der Waals surface area contributed by atoms with Crippen LogP contribution in [0.5, 0.6) is 0 Å². The average Bonchev–Trinajstić information content (AvgIpc) is 3.62. The summed E-state index contributed by atoms with van der Waals surface area (Å²) >= 11 is 13.6. The van der Waals surface area contributed by atoms with Gasteiger partial charge in [-0.3, -0.25) is 19.5 Å². The highest BCUT2D eigenvalue weighted by Gasteiger charge is 2.46. The lowest BCUT2D eigenvalue weighted by molar-refractivity contribution is 0.100. The van der Waals surface area contributed by atoms with E-state index in [2.05, 4.69) is 15.6 Å². The van der Waals surface area contributed by atoms with Gasteiger partial charge >= 0.3 is 0 Å².